The van der Waals surface area contributed by atoms with Crippen molar-refractivity contribution in [2.24, 2.45) is 0 Å². The largest absolute Gasteiger partial charge is 0.444 e. The maximum atomic E-state index is 13.7. The second kappa shape index (κ2) is 10.4. The molecule has 5 rings (SSSR count). The number of fused-ring (bicyclic) bond motifs is 1. The normalized spacial score (nSPS) is 14.1. The molecule has 2 aromatic heterocycles. The van der Waals surface area contributed by atoms with E-state index >= 15 is 0 Å². The van der Waals surface area contributed by atoms with Gasteiger partial charge in [0.15, 0.2) is 0 Å². The van der Waals surface area contributed by atoms with Crippen molar-refractivity contribution >= 4 is 33.5 Å². The summed E-state index contributed by atoms with van der Waals surface area (Å²) in [6, 6.07) is 17.9. The highest BCUT2D eigenvalue weighted by Gasteiger charge is 2.28. The summed E-state index contributed by atoms with van der Waals surface area (Å²) in [7, 11) is 0. The first kappa shape index (κ1) is 26.9. The first-order valence-electron chi connectivity index (χ1n) is 13.0. The van der Waals surface area contributed by atoms with Crippen molar-refractivity contribution in [1.82, 2.24) is 19.5 Å². The average molecular weight is 591 g/mol. The summed E-state index contributed by atoms with van der Waals surface area (Å²) >= 11 is 3.67. The first-order chi connectivity index (χ1) is 18.5. The van der Waals surface area contributed by atoms with Crippen LogP contribution in [0.2, 0.25) is 0 Å². The Morgan fingerprint density at radius 2 is 1.56 bits per heavy atom. The van der Waals surface area contributed by atoms with Crippen molar-refractivity contribution in [3.63, 3.8) is 0 Å². The molecule has 9 heteroatoms. The number of benzene rings is 2. The maximum Gasteiger partial charge on any atom is 0.410 e. The SMILES string of the molecule is Cc1ccccc1-c1c(=O)nc(N2CCN(C(=O)OC(C)(C)C)CC2)n2nc(C)c(-c3ccccc3Br)cc12. The molecule has 1 aliphatic rings. The third kappa shape index (κ3) is 5.41. The van der Waals surface area contributed by atoms with Crippen molar-refractivity contribution < 1.29 is 9.53 Å². The molecule has 3 heterocycles. The predicted octanol–water partition coefficient (Wildman–Crippen LogP) is 5.86. The van der Waals surface area contributed by atoms with Crippen LogP contribution in [0.4, 0.5) is 10.7 Å². The lowest BCUT2D eigenvalue weighted by molar-refractivity contribution is 0.0240. The second-order valence-electron chi connectivity index (χ2n) is 10.8. The van der Waals surface area contributed by atoms with E-state index in [2.05, 4.69) is 20.9 Å². The molecule has 0 atom stereocenters. The van der Waals surface area contributed by atoms with Crippen LogP contribution in [0.5, 0.6) is 0 Å². The van der Waals surface area contributed by atoms with Crippen molar-refractivity contribution in [3.05, 3.63) is 80.7 Å². The minimum absolute atomic E-state index is 0.308. The molecular weight excluding hydrogens is 558 g/mol. The molecule has 0 N–H and O–H groups in total. The van der Waals surface area contributed by atoms with Crippen LogP contribution in [0, 0.1) is 13.8 Å². The van der Waals surface area contributed by atoms with E-state index in [0.29, 0.717) is 43.2 Å². The highest BCUT2D eigenvalue weighted by atomic mass is 79.9. The fourth-order valence-corrected chi connectivity index (χ4v) is 5.37. The molecule has 0 unspecified atom stereocenters. The fraction of sp³-hybridized carbons (Fsp3) is 0.333. The van der Waals surface area contributed by atoms with E-state index in [0.717, 1.165) is 32.4 Å². The number of carbonyl (C=O) groups is 1. The number of piperazine rings is 1. The molecule has 1 amide bonds. The van der Waals surface area contributed by atoms with Gasteiger partial charge in [-0.05, 0) is 63.4 Å². The van der Waals surface area contributed by atoms with Gasteiger partial charge in [0.1, 0.15) is 5.60 Å². The highest BCUT2D eigenvalue weighted by molar-refractivity contribution is 9.10. The zero-order valence-corrected chi connectivity index (χ0v) is 24.4. The number of hydrogen-bond acceptors (Lipinski definition) is 6. The highest BCUT2D eigenvalue weighted by Crippen LogP contribution is 2.34. The number of halogens is 1. The van der Waals surface area contributed by atoms with Crippen LogP contribution in [-0.4, -0.2) is 57.4 Å². The standard InChI is InChI=1S/C30H32BrN5O3/c1-19-10-6-7-11-21(19)26-25-18-23(22-12-8-9-13-24(22)31)20(2)33-36(25)28(32-27(26)37)34-14-16-35(17-15-34)29(38)39-30(3,4)5/h6-13,18H,14-17H2,1-5H3. The Hall–Kier alpha value is -3.72. The molecule has 39 heavy (non-hydrogen) atoms. The Bertz CT molecular complexity index is 1620. The molecule has 0 bridgehead atoms. The van der Waals surface area contributed by atoms with Crippen molar-refractivity contribution in [2.45, 2.75) is 40.2 Å². The predicted molar refractivity (Wildman–Crippen MR) is 157 cm³/mol. The number of aromatic nitrogens is 3. The van der Waals surface area contributed by atoms with Crippen LogP contribution in [0.3, 0.4) is 0 Å². The summed E-state index contributed by atoms with van der Waals surface area (Å²) in [5, 5.41) is 4.98. The number of ether oxygens (including phenoxy) is 1. The Morgan fingerprint density at radius 1 is 0.923 bits per heavy atom. The number of amides is 1. The van der Waals surface area contributed by atoms with Crippen molar-refractivity contribution in [2.75, 3.05) is 31.1 Å². The summed E-state index contributed by atoms with van der Waals surface area (Å²) in [4.78, 5) is 34.6. The third-order valence-electron chi connectivity index (χ3n) is 6.80. The van der Waals surface area contributed by atoms with Gasteiger partial charge in [0.05, 0.1) is 16.8 Å². The van der Waals surface area contributed by atoms with Crippen LogP contribution in [0.15, 0.2) is 63.9 Å². The molecule has 0 saturated carbocycles. The van der Waals surface area contributed by atoms with Gasteiger partial charge in [0.25, 0.3) is 5.56 Å². The third-order valence-corrected chi connectivity index (χ3v) is 7.49. The van der Waals surface area contributed by atoms with Gasteiger partial charge >= 0.3 is 6.09 Å². The van der Waals surface area contributed by atoms with Crippen LogP contribution >= 0.6 is 15.9 Å². The Labute approximate surface area is 236 Å². The number of nitrogens with zero attached hydrogens (tertiary/aromatic N) is 5. The summed E-state index contributed by atoms with van der Waals surface area (Å²) in [5.74, 6) is 0.470. The number of carbonyl (C=O) groups excluding carboxylic acids is 1. The lowest BCUT2D eigenvalue weighted by atomic mass is 9.99. The molecule has 0 aliphatic carbocycles. The molecule has 0 radical (unpaired) electrons. The van der Waals surface area contributed by atoms with Gasteiger partial charge in [-0.1, -0.05) is 58.4 Å². The first-order valence-corrected chi connectivity index (χ1v) is 13.8. The topological polar surface area (TPSA) is 80.0 Å². The zero-order valence-electron chi connectivity index (χ0n) is 22.9. The molecule has 202 valence electrons. The molecule has 1 aliphatic heterocycles. The minimum atomic E-state index is -0.558. The molecule has 0 spiro atoms. The number of rotatable bonds is 3. The zero-order chi connectivity index (χ0) is 27.9. The number of aryl methyl sites for hydroxylation is 2. The Kier molecular flexibility index (Phi) is 7.20. The van der Waals surface area contributed by atoms with Gasteiger partial charge in [-0.2, -0.15) is 14.6 Å². The lowest BCUT2D eigenvalue weighted by Crippen LogP contribution is -2.51. The van der Waals surface area contributed by atoms with E-state index in [1.165, 1.54) is 0 Å². The molecule has 1 saturated heterocycles. The van der Waals surface area contributed by atoms with Crippen molar-refractivity contribution in [3.8, 4) is 22.3 Å². The Balaban J connectivity index is 1.63. The smallest absolute Gasteiger partial charge is 0.410 e. The number of anilines is 1. The fourth-order valence-electron chi connectivity index (χ4n) is 4.87. The summed E-state index contributed by atoms with van der Waals surface area (Å²) in [6.45, 7) is 11.5. The van der Waals surface area contributed by atoms with Gasteiger partial charge in [0.2, 0.25) is 5.95 Å². The average Bonchev–Trinajstić information content (AvgIpc) is 2.88. The van der Waals surface area contributed by atoms with Crippen LogP contribution < -0.4 is 10.5 Å². The van der Waals surface area contributed by atoms with Gasteiger partial charge < -0.3 is 14.5 Å². The van der Waals surface area contributed by atoms with Gasteiger partial charge in [-0.25, -0.2) is 4.79 Å². The number of hydrogen-bond donors (Lipinski definition) is 0. The summed E-state index contributed by atoms with van der Waals surface area (Å²) in [6.07, 6.45) is -0.334. The van der Waals surface area contributed by atoms with Gasteiger partial charge in [-0.15, -0.1) is 0 Å². The minimum Gasteiger partial charge on any atom is -0.444 e. The van der Waals surface area contributed by atoms with E-state index in [1.807, 2.05) is 94.1 Å². The van der Waals surface area contributed by atoms with Crippen LogP contribution in [-0.2, 0) is 4.74 Å². The Morgan fingerprint density at radius 3 is 2.21 bits per heavy atom. The molecule has 8 nitrogen and oxygen atoms in total. The van der Waals surface area contributed by atoms with Crippen LogP contribution in [0.1, 0.15) is 32.0 Å². The van der Waals surface area contributed by atoms with Crippen molar-refractivity contribution in [1.29, 1.82) is 0 Å². The van der Waals surface area contributed by atoms with Crippen LogP contribution in [0.25, 0.3) is 27.8 Å². The second-order valence-corrected chi connectivity index (χ2v) is 11.6. The van der Waals surface area contributed by atoms with E-state index in [4.69, 9.17) is 9.84 Å². The van der Waals surface area contributed by atoms with E-state index in [9.17, 15) is 9.59 Å². The summed E-state index contributed by atoms with van der Waals surface area (Å²) < 4.78 is 8.28. The van der Waals surface area contributed by atoms with E-state index < -0.39 is 5.60 Å². The summed E-state index contributed by atoms with van der Waals surface area (Å²) in [5.41, 5.74) is 4.90. The molecular formula is C30H32BrN5O3. The van der Waals surface area contributed by atoms with E-state index in [1.54, 1.807) is 9.42 Å². The molecule has 1 fully saturated rings. The van der Waals surface area contributed by atoms with Gasteiger partial charge in [-0.3, -0.25) is 4.79 Å². The quantitative estimate of drug-likeness (QED) is 0.298. The van der Waals surface area contributed by atoms with Gasteiger partial charge in [0, 0.05) is 36.2 Å². The lowest BCUT2D eigenvalue weighted by Gasteiger charge is -2.36. The molecule has 4 aromatic rings. The van der Waals surface area contributed by atoms with E-state index in [-0.39, 0.29) is 11.7 Å². The molecule has 2 aromatic carbocycles. The monoisotopic (exact) mass is 589 g/mol. The maximum absolute atomic E-state index is 13.7.